The minimum absolute atomic E-state index is 0.0445. The first-order chi connectivity index (χ1) is 12.5. The summed E-state index contributed by atoms with van der Waals surface area (Å²) in [5.41, 5.74) is 1.51. The van der Waals surface area contributed by atoms with Crippen molar-refractivity contribution in [3.8, 4) is 0 Å². The molecule has 1 saturated heterocycles. The van der Waals surface area contributed by atoms with Crippen LogP contribution in [0, 0.1) is 11.7 Å². The molecule has 2 aromatic rings. The molecular weight excluding hydrogens is 375 g/mol. The van der Waals surface area contributed by atoms with E-state index in [-0.39, 0.29) is 29.8 Å². The fourth-order valence-corrected chi connectivity index (χ4v) is 3.45. The van der Waals surface area contributed by atoms with Crippen LogP contribution in [0.3, 0.4) is 0 Å². The molecule has 26 heavy (non-hydrogen) atoms. The maximum atomic E-state index is 13.3. The Labute approximate surface area is 160 Å². The first-order valence-electron chi connectivity index (χ1n) is 8.14. The van der Waals surface area contributed by atoms with Gasteiger partial charge in [-0.25, -0.2) is 4.39 Å². The number of amides is 2. The van der Waals surface area contributed by atoms with Crippen molar-refractivity contribution in [3.05, 3.63) is 58.9 Å². The monoisotopic (exact) mass is 392 g/mol. The molecule has 0 spiro atoms. The topological polar surface area (TPSA) is 49.4 Å². The number of halogens is 2. The standard InChI is InChI=1S/C19H18ClFN2O2S/c1-26-15-5-2-12(3-6-15)10-22-19(25)13-8-18(24)23(11-13)14-4-7-17(21)16(20)9-14/h2-7,9,13H,8,10-11H2,1H3,(H,22,25). The van der Waals surface area contributed by atoms with Crippen LogP contribution >= 0.6 is 23.4 Å². The van der Waals surface area contributed by atoms with Gasteiger partial charge in [-0.15, -0.1) is 11.8 Å². The van der Waals surface area contributed by atoms with E-state index >= 15 is 0 Å². The molecule has 0 bridgehead atoms. The van der Waals surface area contributed by atoms with E-state index < -0.39 is 11.7 Å². The van der Waals surface area contributed by atoms with Gasteiger partial charge in [0.25, 0.3) is 0 Å². The smallest absolute Gasteiger partial charge is 0.227 e. The van der Waals surface area contributed by atoms with Crippen LogP contribution in [0.5, 0.6) is 0 Å². The lowest BCUT2D eigenvalue weighted by Crippen LogP contribution is -2.32. The highest BCUT2D eigenvalue weighted by Crippen LogP contribution is 2.28. The minimum atomic E-state index is -0.538. The Kier molecular flexibility index (Phi) is 5.84. The molecule has 1 aliphatic heterocycles. The Morgan fingerprint density at radius 1 is 1.31 bits per heavy atom. The van der Waals surface area contributed by atoms with Crippen LogP contribution in [-0.2, 0) is 16.1 Å². The van der Waals surface area contributed by atoms with Gasteiger partial charge >= 0.3 is 0 Å². The number of benzene rings is 2. The lowest BCUT2D eigenvalue weighted by atomic mass is 10.1. The molecule has 2 amide bonds. The molecule has 4 nitrogen and oxygen atoms in total. The quantitative estimate of drug-likeness (QED) is 0.786. The highest BCUT2D eigenvalue weighted by atomic mass is 35.5. The highest BCUT2D eigenvalue weighted by Gasteiger charge is 2.35. The van der Waals surface area contributed by atoms with Crippen LogP contribution in [0.25, 0.3) is 0 Å². The zero-order chi connectivity index (χ0) is 18.7. The summed E-state index contributed by atoms with van der Waals surface area (Å²) < 4.78 is 13.3. The summed E-state index contributed by atoms with van der Waals surface area (Å²) in [6, 6.07) is 12.1. The van der Waals surface area contributed by atoms with E-state index in [1.807, 2.05) is 30.5 Å². The molecule has 0 aliphatic carbocycles. The third-order valence-electron chi connectivity index (χ3n) is 4.34. The number of nitrogens with zero attached hydrogens (tertiary/aromatic N) is 1. The van der Waals surface area contributed by atoms with E-state index in [2.05, 4.69) is 5.32 Å². The van der Waals surface area contributed by atoms with Crippen molar-refractivity contribution in [1.82, 2.24) is 5.32 Å². The van der Waals surface area contributed by atoms with Crippen molar-refractivity contribution >= 4 is 40.9 Å². The van der Waals surface area contributed by atoms with Gasteiger partial charge in [0.15, 0.2) is 0 Å². The fraction of sp³-hybridized carbons (Fsp3) is 0.263. The number of hydrogen-bond acceptors (Lipinski definition) is 3. The van der Waals surface area contributed by atoms with Gasteiger partial charge < -0.3 is 10.2 Å². The van der Waals surface area contributed by atoms with Gasteiger partial charge in [-0.1, -0.05) is 23.7 Å². The molecule has 0 radical (unpaired) electrons. The maximum absolute atomic E-state index is 13.3. The number of thioether (sulfide) groups is 1. The molecule has 136 valence electrons. The average Bonchev–Trinajstić information content (AvgIpc) is 3.04. The second-order valence-corrected chi connectivity index (χ2v) is 7.36. The first kappa shape index (κ1) is 18.7. The Morgan fingerprint density at radius 2 is 2.04 bits per heavy atom. The molecule has 0 aromatic heterocycles. The van der Waals surface area contributed by atoms with Gasteiger partial charge in [0.2, 0.25) is 11.8 Å². The molecule has 1 aliphatic rings. The van der Waals surface area contributed by atoms with Crippen LogP contribution in [0.4, 0.5) is 10.1 Å². The Bertz CT molecular complexity index is 829. The largest absolute Gasteiger partial charge is 0.352 e. The zero-order valence-electron chi connectivity index (χ0n) is 14.2. The number of rotatable bonds is 5. The predicted molar refractivity (Wildman–Crippen MR) is 102 cm³/mol. The molecule has 3 rings (SSSR count). The molecule has 1 heterocycles. The van der Waals surface area contributed by atoms with Crippen LogP contribution in [0.15, 0.2) is 47.4 Å². The van der Waals surface area contributed by atoms with Gasteiger partial charge in [0.05, 0.1) is 10.9 Å². The zero-order valence-corrected chi connectivity index (χ0v) is 15.7. The number of anilines is 1. The van der Waals surface area contributed by atoms with Crippen molar-refractivity contribution in [2.45, 2.75) is 17.9 Å². The summed E-state index contributed by atoms with van der Waals surface area (Å²) in [6.07, 6.45) is 2.14. The molecule has 7 heteroatoms. The second kappa shape index (κ2) is 8.10. The summed E-state index contributed by atoms with van der Waals surface area (Å²) in [5.74, 6) is -1.30. The summed E-state index contributed by atoms with van der Waals surface area (Å²) in [4.78, 5) is 27.3. The van der Waals surface area contributed by atoms with Crippen molar-refractivity contribution in [1.29, 1.82) is 0 Å². The molecule has 2 aromatic carbocycles. The summed E-state index contributed by atoms with van der Waals surface area (Å²) in [5, 5.41) is 2.84. The number of carbonyl (C=O) groups is 2. The molecule has 1 unspecified atom stereocenters. The van der Waals surface area contributed by atoms with Gasteiger partial charge in [-0.05, 0) is 42.2 Å². The van der Waals surface area contributed by atoms with Gasteiger partial charge in [0.1, 0.15) is 5.82 Å². The average molecular weight is 393 g/mol. The van der Waals surface area contributed by atoms with E-state index in [1.54, 1.807) is 11.8 Å². The van der Waals surface area contributed by atoms with Crippen molar-refractivity contribution in [2.24, 2.45) is 5.92 Å². The van der Waals surface area contributed by atoms with E-state index in [0.717, 1.165) is 10.5 Å². The fourth-order valence-electron chi connectivity index (χ4n) is 2.86. The van der Waals surface area contributed by atoms with Gasteiger partial charge in [-0.2, -0.15) is 0 Å². The Balaban J connectivity index is 1.60. The molecule has 1 atom stereocenters. The van der Waals surface area contributed by atoms with E-state index in [9.17, 15) is 14.0 Å². The van der Waals surface area contributed by atoms with Gasteiger partial charge in [0, 0.05) is 30.1 Å². The van der Waals surface area contributed by atoms with Crippen LogP contribution in [0.1, 0.15) is 12.0 Å². The Morgan fingerprint density at radius 3 is 2.69 bits per heavy atom. The molecule has 1 N–H and O–H groups in total. The van der Waals surface area contributed by atoms with Crippen LogP contribution < -0.4 is 10.2 Å². The normalized spacial score (nSPS) is 16.8. The lowest BCUT2D eigenvalue weighted by molar-refractivity contribution is -0.126. The number of nitrogens with one attached hydrogen (secondary N) is 1. The maximum Gasteiger partial charge on any atom is 0.227 e. The summed E-state index contributed by atoms with van der Waals surface area (Å²) >= 11 is 7.44. The first-order valence-corrected chi connectivity index (χ1v) is 9.74. The van der Waals surface area contributed by atoms with Crippen molar-refractivity contribution in [3.63, 3.8) is 0 Å². The SMILES string of the molecule is CSc1ccc(CNC(=O)C2CC(=O)N(c3ccc(F)c(Cl)c3)C2)cc1. The van der Waals surface area contributed by atoms with Crippen LogP contribution in [0.2, 0.25) is 5.02 Å². The lowest BCUT2D eigenvalue weighted by Gasteiger charge is -2.17. The third kappa shape index (κ3) is 4.19. The highest BCUT2D eigenvalue weighted by molar-refractivity contribution is 7.98. The second-order valence-electron chi connectivity index (χ2n) is 6.07. The predicted octanol–water partition coefficient (Wildman–Crippen LogP) is 3.87. The van der Waals surface area contributed by atoms with E-state index in [0.29, 0.717) is 12.2 Å². The summed E-state index contributed by atoms with van der Waals surface area (Å²) in [6.45, 7) is 0.679. The number of hydrogen-bond donors (Lipinski definition) is 1. The summed E-state index contributed by atoms with van der Waals surface area (Å²) in [7, 11) is 0. The Hall–Kier alpha value is -2.05. The van der Waals surface area contributed by atoms with Crippen LogP contribution in [-0.4, -0.2) is 24.6 Å². The molecule has 0 saturated carbocycles. The minimum Gasteiger partial charge on any atom is -0.352 e. The third-order valence-corrected chi connectivity index (χ3v) is 5.37. The number of carbonyl (C=O) groups excluding carboxylic acids is 2. The van der Waals surface area contributed by atoms with E-state index in [4.69, 9.17) is 11.6 Å². The molecule has 1 fully saturated rings. The van der Waals surface area contributed by atoms with Crippen molar-refractivity contribution in [2.75, 3.05) is 17.7 Å². The molecular formula is C19H18ClFN2O2S. The van der Waals surface area contributed by atoms with Gasteiger partial charge in [-0.3, -0.25) is 9.59 Å². The van der Waals surface area contributed by atoms with E-state index in [1.165, 1.54) is 23.1 Å². The van der Waals surface area contributed by atoms with Crippen molar-refractivity contribution < 1.29 is 14.0 Å².